The molecule has 1 atom stereocenters. The first-order valence-electron chi connectivity index (χ1n) is 7.98. The number of anilines is 1. The van der Waals surface area contributed by atoms with E-state index in [0.29, 0.717) is 11.3 Å². The third kappa shape index (κ3) is 5.59. The maximum Gasteiger partial charge on any atom is 0.333 e. The molecule has 2 aromatic rings. The van der Waals surface area contributed by atoms with E-state index in [1.54, 1.807) is 54.6 Å². The molecule has 2 aromatic carbocycles. The maximum atomic E-state index is 12.2. The summed E-state index contributed by atoms with van der Waals surface area (Å²) < 4.78 is 4.76. The van der Waals surface area contributed by atoms with Gasteiger partial charge < -0.3 is 15.4 Å². The molecule has 1 unspecified atom stereocenters. The lowest BCUT2D eigenvalue weighted by Gasteiger charge is -2.15. The minimum absolute atomic E-state index is 0.151. The zero-order valence-corrected chi connectivity index (χ0v) is 14.6. The van der Waals surface area contributed by atoms with E-state index < -0.39 is 17.9 Å². The van der Waals surface area contributed by atoms with Crippen molar-refractivity contribution in [3.63, 3.8) is 0 Å². The summed E-state index contributed by atoms with van der Waals surface area (Å²) in [6.45, 7) is 1.43. The number of carbonyl (C=O) groups is 3. The van der Waals surface area contributed by atoms with Crippen LogP contribution in [0.25, 0.3) is 6.08 Å². The van der Waals surface area contributed by atoms with E-state index in [9.17, 15) is 14.4 Å². The molecule has 0 bridgehead atoms. The SMILES string of the molecule is COC(=O)C(NC(=O)C=Cc1ccc(NC(C)=O)cc1)c1ccccc1. The van der Waals surface area contributed by atoms with Crippen LogP contribution in [0.2, 0.25) is 0 Å². The fourth-order valence-electron chi connectivity index (χ4n) is 2.28. The summed E-state index contributed by atoms with van der Waals surface area (Å²) in [6.07, 6.45) is 2.96. The lowest BCUT2D eigenvalue weighted by molar-refractivity contribution is -0.144. The van der Waals surface area contributed by atoms with Crippen LogP contribution in [0.15, 0.2) is 60.7 Å². The number of rotatable bonds is 6. The smallest absolute Gasteiger partial charge is 0.333 e. The van der Waals surface area contributed by atoms with Crippen molar-refractivity contribution in [2.45, 2.75) is 13.0 Å². The molecule has 26 heavy (non-hydrogen) atoms. The van der Waals surface area contributed by atoms with Gasteiger partial charge in [0.15, 0.2) is 6.04 Å². The monoisotopic (exact) mass is 352 g/mol. The quantitative estimate of drug-likeness (QED) is 0.618. The highest BCUT2D eigenvalue weighted by Gasteiger charge is 2.22. The Kier molecular flexibility index (Phi) is 6.68. The van der Waals surface area contributed by atoms with Gasteiger partial charge in [-0.1, -0.05) is 42.5 Å². The molecule has 6 nitrogen and oxygen atoms in total. The van der Waals surface area contributed by atoms with E-state index in [-0.39, 0.29) is 5.91 Å². The zero-order chi connectivity index (χ0) is 18.9. The number of nitrogens with one attached hydrogen (secondary N) is 2. The molecule has 0 saturated heterocycles. The van der Waals surface area contributed by atoms with Gasteiger partial charge in [0, 0.05) is 18.7 Å². The second-order valence-electron chi connectivity index (χ2n) is 5.51. The normalized spacial score (nSPS) is 11.6. The molecule has 0 spiro atoms. The van der Waals surface area contributed by atoms with Gasteiger partial charge in [-0.05, 0) is 29.3 Å². The molecular weight excluding hydrogens is 332 g/mol. The molecule has 0 heterocycles. The summed E-state index contributed by atoms with van der Waals surface area (Å²) >= 11 is 0. The van der Waals surface area contributed by atoms with Crippen LogP contribution < -0.4 is 10.6 Å². The van der Waals surface area contributed by atoms with Gasteiger partial charge in [0.1, 0.15) is 0 Å². The highest BCUT2D eigenvalue weighted by atomic mass is 16.5. The fraction of sp³-hybridized carbons (Fsp3) is 0.150. The third-order valence-corrected chi connectivity index (χ3v) is 3.51. The van der Waals surface area contributed by atoms with Crippen LogP contribution in [-0.4, -0.2) is 24.9 Å². The van der Waals surface area contributed by atoms with Crippen LogP contribution in [0.5, 0.6) is 0 Å². The minimum Gasteiger partial charge on any atom is -0.467 e. The van der Waals surface area contributed by atoms with Gasteiger partial charge in [0.2, 0.25) is 11.8 Å². The van der Waals surface area contributed by atoms with Gasteiger partial charge in [0.25, 0.3) is 0 Å². The van der Waals surface area contributed by atoms with Crippen molar-refractivity contribution in [1.82, 2.24) is 5.32 Å². The first-order chi connectivity index (χ1) is 12.5. The molecule has 0 radical (unpaired) electrons. The average Bonchev–Trinajstić information content (AvgIpc) is 2.65. The van der Waals surface area contributed by atoms with E-state index in [1.807, 2.05) is 6.07 Å². The number of carbonyl (C=O) groups excluding carboxylic acids is 3. The summed E-state index contributed by atoms with van der Waals surface area (Å²) in [5.74, 6) is -1.12. The van der Waals surface area contributed by atoms with E-state index in [1.165, 1.54) is 20.1 Å². The number of amides is 2. The summed E-state index contributed by atoms with van der Waals surface area (Å²) in [5, 5.41) is 5.30. The summed E-state index contributed by atoms with van der Waals surface area (Å²) in [4.78, 5) is 35.1. The van der Waals surface area contributed by atoms with E-state index in [0.717, 1.165) is 5.56 Å². The molecule has 2 rings (SSSR count). The zero-order valence-electron chi connectivity index (χ0n) is 14.6. The number of esters is 1. The van der Waals surface area contributed by atoms with Crippen molar-refractivity contribution in [1.29, 1.82) is 0 Å². The standard InChI is InChI=1S/C20H20N2O4/c1-14(23)21-17-11-8-15(9-12-17)10-13-18(24)22-19(20(25)26-2)16-6-4-3-5-7-16/h3-13,19H,1-2H3,(H,21,23)(H,22,24). The van der Waals surface area contributed by atoms with Crippen molar-refractivity contribution in [2.75, 3.05) is 12.4 Å². The third-order valence-electron chi connectivity index (χ3n) is 3.51. The predicted octanol–water partition coefficient (Wildman–Crippen LogP) is 2.69. The number of methoxy groups -OCH3 is 1. The van der Waals surface area contributed by atoms with Gasteiger partial charge >= 0.3 is 5.97 Å². The first-order valence-corrected chi connectivity index (χ1v) is 7.98. The molecule has 0 aliphatic carbocycles. The Morgan fingerprint density at radius 1 is 1.00 bits per heavy atom. The number of hydrogen-bond acceptors (Lipinski definition) is 4. The maximum absolute atomic E-state index is 12.2. The average molecular weight is 352 g/mol. The largest absolute Gasteiger partial charge is 0.467 e. The second-order valence-corrected chi connectivity index (χ2v) is 5.51. The molecule has 0 saturated carbocycles. The molecule has 0 aliphatic rings. The second kappa shape index (κ2) is 9.17. The van der Waals surface area contributed by atoms with E-state index >= 15 is 0 Å². The van der Waals surface area contributed by atoms with Crippen LogP contribution in [0.4, 0.5) is 5.69 Å². The Balaban J connectivity index is 2.04. The van der Waals surface area contributed by atoms with Crippen LogP contribution in [0, 0.1) is 0 Å². The molecule has 0 fully saturated rings. The molecular formula is C20H20N2O4. The summed E-state index contributed by atoms with van der Waals surface area (Å²) in [5.41, 5.74) is 2.10. The Bertz CT molecular complexity index is 798. The van der Waals surface area contributed by atoms with Gasteiger partial charge in [-0.3, -0.25) is 9.59 Å². The molecule has 2 amide bonds. The summed E-state index contributed by atoms with van der Waals surface area (Å²) in [6, 6.07) is 15.0. The Hall–Kier alpha value is -3.41. The Morgan fingerprint density at radius 2 is 1.65 bits per heavy atom. The highest BCUT2D eigenvalue weighted by molar-refractivity contribution is 5.95. The van der Waals surface area contributed by atoms with Gasteiger partial charge in [-0.15, -0.1) is 0 Å². The first kappa shape index (κ1) is 18.9. The predicted molar refractivity (Wildman–Crippen MR) is 99.1 cm³/mol. The van der Waals surface area contributed by atoms with Crippen LogP contribution >= 0.6 is 0 Å². The van der Waals surface area contributed by atoms with Gasteiger partial charge in [-0.2, -0.15) is 0 Å². The molecule has 0 aromatic heterocycles. The topological polar surface area (TPSA) is 84.5 Å². The van der Waals surface area contributed by atoms with E-state index in [2.05, 4.69) is 10.6 Å². The Labute approximate surface area is 151 Å². The lowest BCUT2D eigenvalue weighted by Crippen LogP contribution is -2.33. The molecule has 0 aliphatic heterocycles. The minimum atomic E-state index is -0.875. The van der Waals surface area contributed by atoms with Crippen LogP contribution in [0.1, 0.15) is 24.1 Å². The fourth-order valence-corrected chi connectivity index (χ4v) is 2.28. The van der Waals surface area contributed by atoms with Crippen molar-refractivity contribution in [3.05, 3.63) is 71.8 Å². The number of benzene rings is 2. The van der Waals surface area contributed by atoms with Crippen molar-refractivity contribution in [3.8, 4) is 0 Å². The lowest BCUT2D eigenvalue weighted by atomic mass is 10.1. The van der Waals surface area contributed by atoms with Gasteiger partial charge in [0.05, 0.1) is 7.11 Å². The number of hydrogen-bond donors (Lipinski definition) is 2. The van der Waals surface area contributed by atoms with Crippen molar-refractivity contribution in [2.24, 2.45) is 0 Å². The molecule has 6 heteroatoms. The summed E-state index contributed by atoms with van der Waals surface area (Å²) in [7, 11) is 1.27. The van der Waals surface area contributed by atoms with Crippen molar-refractivity contribution >= 4 is 29.5 Å². The van der Waals surface area contributed by atoms with Crippen LogP contribution in [0.3, 0.4) is 0 Å². The molecule has 134 valence electrons. The molecule has 2 N–H and O–H groups in total. The van der Waals surface area contributed by atoms with Crippen molar-refractivity contribution < 1.29 is 19.1 Å². The van der Waals surface area contributed by atoms with Crippen LogP contribution in [-0.2, 0) is 19.1 Å². The highest BCUT2D eigenvalue weighted by Crippen LogP contribution is 2.15. The van der Waals surface area contributed by atoms with E-state index in [4.69, 9.17) is 4.74 Å². The number of ether oxygens (including phenoxy) is 1. The Morgan fingerprint density at radius 3 is 2.23 bits per heavy atom. The van der Waals surface area contributed by atoms with Gasteiger partial charge in [-0.25, -0.2) is 4.79 Å².